The van der Waals surface area contributed by atoms with Gasteiger partial charge in [-0.15, -0.1) is 0 Å². The van der Waals surface area contributed by atoms with E-state index < -0.39 is 0 Å². The maximum atomic E-state index is 5.27. The van der Waals surface area contributed by atoms with E-state index in [0.717, 1.165) is 25.9 Å². The number of hydrogen-bond donors (Lipinski definition) is 0. The van der Waals surface area contributed by atoms with E-state index in [2.05, 4.69) is 90.7 Å². The number of benzene rings is 2. The standard InChI is InChI=1S/C26H33N3/c1-28(2)18-11-19-29-26(22-14-7-4-8-15-22)24-17-10-9-16-23(25(24)27-29)20-21-12-5-3-6-13-21/h3-8,12-15,20,24,26H,9-11,16-19H2,1-2H3. The molecular weight excluding hydrogens is 354 g/mol. The Hall–Kier alpha value is -2.39. The Kier molecular flexibility index (Phi) is 6.46. The van der Waals surface area contributed by atoms with E-state index in [1.54, 1.807) is 0 Å². The zero-order chi connectivity index (χ0) is 20.1. The lowest BCUT2D eigenvalue weighted by molar-refractivity contribution is 0.188. The van der Waals surface area contributed by atoms with E-state index in [0.29, 0.717) is 12.0 Å². The zero-order valence-electron chi connectivity index (χ0n) is 17.8. The van der Waals surface area contributed by atoms with Gasteiger partial charge in [-0.3, -0.25) is 5.01 Å². The van der Waals surface area contributed by atoms with Crippen molar-refractivity contribution in [2.24, 2.45) is 11.0 Å². The average molecular weight is 388 g/mol. The molecule has 4 rings (SSSR count). The number of hydrazone groups is 1. The van der Waals surface area contributed by atoms with Gasteiger partial charge in [0.2, 0.25) is 0 Å². The Morgan fingerprint density at radius 2 is 1.72 bits per heavy atom. The summed E-state index contributed by atoms with van der Waals surface area (Å²) in [5.74, 6) is 0.495. The van der Waals surface area contributed by atoms with Crippen molar-refractivity contribution < 1.29 is 0 Å². The Bertz CT molecular complexity index is 839. The van der Waals surface area contributed by atoms with E-state index in [1.165, 1.54) is 41.7 Å². The highest BCUT2D eigenvalue weighted by molar-refractivity contribution is 6.06. The molecule has 1 aliphatic heterocycles. The first-order valence-electron chi connectivity index (χ1n) is 11.0. The fourth-order valence-corrected chi connectivity index (χ4v) is 4.73. The highest BCUT2D eigenvalue weighted by Crippen LogP contribution is 2.43. The summed E-state index contributed by atoms with van der Waals surface area (Å²) in [6, 6.07) is 22.1. The van der Waals surface area contributed by atoms with Gasteiger partial charge in [0.15, 0.2) is 0 Å². The fourth-order valence-electron chi connectivity index (χ4n) is 4.73. The molecular formula is C26H33N3. The van der Waals surface area contributed by atoms with Crippen LogP contribution in [0, 0.1) is 5.92 Å². The van der Waals surface area contributed by atoms with Gasteiger partial charge in [0.05, 0.1) is 11.8 Å². The van der Waals surface area contributed by atoms with Crippen molar-refractivity contribution in [1.82, 2.24) is 9.91 Å². The highest BCUT2D eigenvalue weighted by Gasteiger charge is 2.39. The minimum absolute atomic E-state index is 0.366. The van der Waals surface area contributed by atoms with E-state index in [1.807, 2.05) is 0 Å². The molecule has 0 spiro atoms. The maximum Gasteiger partial charge on any atom is 0.0804 e. The van der Waals surface area contributed by atoms with Gasteiger partial charge in [-0.25, -0.2) is 0 Å². The van der Waals surface area contributed by atoms with E-state index in [4.69, 9.17) is 5.10 Å². The summed E-state index contributed by atoms with van der Waals surface area (Å²) >= 11 is 0. The molecule has 2 aromatic rings. The van der Waals surface area contributed by atoms with Crippen LogP contribution in [0.25, 0.3) is 6.08 Å². The normalized spacial score (nSPS) is 23.2. The first-order valence-corrected chi connectivity index (χ1v) is 11.0. The second-order valence-electron chi connectivity index (χ2n) is 8.59. The molecule has 3 heteroatoms. The molecule has 1 saturated carbocycles. The predicted molar refractivity (Wildman–Crippen MR) is 123 cm³/mol. The van der Waals surface area contributed by atoms with E-state index >= 15 is 0 Å². The van der Waals surface area contributed by atoms with Crippen LogP contribution in [0.3, 0.4) is 0 Å². The molecule has 2 unspecified atom stereocenters. The third kappa shape index (κ3) is 4.79. The number of rotatable bonds is 6. The summed E-state index contributed by atoms with van der Waals surface area (Å²) in [5, 5.41) is 7.66. The summed E-state index contributed by atoms with van der Waals surface area (Å²) in [6.07, 6.45) is 8.42. The smallest absolute Gasteiger partial charge is 0.0804 e. The van der Waals surface area contributed by atoms with Gasteiger partial charge >= 0.3 is 0 Å². The van der Waals surface area contributed by atoms with Crippen molar-refractivity contribution in [3.63, 3.8) is 0 Å². The SMILES string of the molecule is CN(C)CCCN1N=C2C(=Cc3ccccc3)CCCCC2C1c1ccccc1. The molecule has 2 atom stereocenters. The molecule has 1 fully saturated rings. The molecule has 3 nitrogen and oxygen atoms in total. The number of hydrogen-bond acceptors (Lipinski definition) is 3. The van der Waals surface area contributed by atoms with Crippen LogP contribution < -0.4 is 0 Å². The van der Waals surface area contributed by atoms with Gasteiger partial charge in [-0.2, -0.15) is 5.10 Å². The van der Waals surface area contributed by atoms with Gasteiger partial charge in [0.25, 0.3) is 0 Å². The lowest BCUT2D eigenvalue weighted by Gasteiger charge is -2.29. The lowest BCUT2D eigenvalue weighted by atomic mass is 9.85. The Labute approximate surface area is 175 Å². The molecule has 29 heavy (non-hydrogen) atoms. The quantitative estimate of drug-likeness (QED) is 0.640. The molecule has 0 aromatic heterocycles. The molecule has 0 radical (unpaired) electrons. The van der Waals surface area contributed by atoms with E-state index in [9.17, 15) is 0 Å². The molecule has 1 aliphatic carbocycles. The Morgan fingerprint density at radius 3 is 2.45 bits per heavy atom. The number of nitrogens with zero attached hydrogens (tertiary/aromatic N) is 3. The van der Waals surface area contributed by atoms with Crippen LogP contribution in [0.4, 0.5) is 0 Å². The summed E-state index contributed by atoms with van der Waals surface area (Å²) in [5.41, 5.74) is 5.47. The summed E-state index contributed by atoms with van der Waals surface area (Å²) in [4.78, 5) is 2.26. The Morgan fingerprint density at radius 1 is 1.00 bits per heavy atom. The van der Waals surface area contributed by atoms with Crippen LogP contribution in [-0.2, 0) is 0 Å². The molecule has 1 heterocycles. The van der Waals surface area contributed by atoms with Crippen molar-refractivity contribution in [3.05, 3.63) is 77.4 Å². The monoisotopic (exact) mass is 387 g/mol. The minimum Gasteiger partial charge on any atom is -0.309 e. The summed E-state index contributed by atoms with van der Waals surface area (Å²) in [6.45, 7) is 2.11. The van der Waals surface area contributed by atoms with Gasteiger partial charge in [-0.05, 0) is 69.1 Å². The van der Waals surface area contributed by atoms with Crippen LogP contribution in [0.15, 0.2) is 71.3 Å². The average Bonchev–Trinajstić information content (AvgIpc) is 2.98. The summed E-state index contributed by atoms with van der Waals surface area (Å²) in [7, 11) is 4.30. The Balaban J connectivity index is 1.67. The predicted octanol–water partition coefficient (Wildman–Crippen LogP) is 5.62. The summed E-state index contributed by atoms with van der Waals surface area (Å²) < 4.78 is 0. The fraction of sp³-hybridized carbons (Fsp3) is 0.423. The lowest BCUT2D eigenvalue weighted by Crippen LogP contribution is -2.28. The van der Waals surface area contributed by atoms with Gasteiger partial charge in [-0.1, -0.05) is 67.1 Å². The first kappa shape index (κ1) is 19.9. The highest BCUT2D eigenvalue weighted by atomic mass is 15.5. The van der Waals surface area contributed by atoms with Crippen molar-refractivity contribution in [3.8, 4) is 0 Å². The van der Waals surface area contributed by atoms with Crippen LogP contribution >= 0.6 is 0 Å². The van der Waals surface area contributed by atoms with Crippen LogP contribution in [-0.4, -0.2) is 42.8 Å². The largest absolute Gasteiger partial charge is 0.309 e. The zero-order valence-corrected chi connectivity index (χ0v) is 17.8. The van der Waals surface area contributed by atoms with Gasteiger partial charge < -0.3 is 4.90 Å². The second-order valence-corrected chi connectivity index (χ2v) is 8.59. The maximum absolute atomic E-state index is 5.27. The third-order valence-corrected chi connectivity index (χ3v) is 6.10. The molecule has 0 amide bonds. The third-order valence-electron chi connectivity index (χ3n) is 6.10. The van der Waals surface area contributed by atoms with E-state index in [-0.39, 0.29) is 0 Å². The van der Waals surface area contributed by atoms with Crippen LogP contribution in [0.5, 0.6) is 0 Å². The van der Waals surface area contributed by atoms with Gasteiger partial charge in [0, 0.05) is 12.5 Å². The topological polar surface area (TPSA) is 18.8 Å². The second kappa shape index (κ2) is 9.41. The molecule has 0 N–H and O–H groups in total. The van der Waals surface area contributed by atoms with Crippen molar-refractivity contribution in [2.75, 3.05) is 27.2 Å². The van der Waals surface area contributed by atoms with Crippen LogP contribution in [0.1, 0.15) is 49.3 Å². The molecule has 152 valence electrons. The molecule has 0 saturated heterocycles. The number of allylic oxidation sites excluding steroid dienone is 1. The molecule has 0 bridgehead atoms. The number of fused-ring (bicyclic) bond motifs is 1. The van der Waals surface area contributed by atoms with Crippen molar-refractivity contribution >= 4 is 11.8 Å². The van der Waals surface area contributed by atoms with Crippen molar-refractivity contribution in [1.29, 1.82) is 0 Å². The molecule has 2 aromatic carbocycles. The van der Waals surface area contributed by atoms with Crippen molar-refractivity contribution in [2.45, 2.75) is 38.1 Å². The van der Waals surface area contributed by atoms with Gasteiger partial charge in [0.1, 0.15) is 0 Å². The minimum atomic E-state index is 0.366. The van der Waals surface area contributed by atoms with Crippen LogP contribution in [0.2, 0.25) is 0 Å². The molecule has 2 aliphatic rings. The first-order chi connectivity index (χ1) is 14.2.